The van der Waals surface area contributed by atoms with Crippen molar-refractivity contribution in [3.05, 3.63) is 76.9 Å². The molecule has 0 unspecified atom stereocenters. The lowest BCUT2D eigenvalue weighted by Crippen LogP contribution is -2.44. The molecule has 190 valence electrons. The topological polar surface area (TPSA) is 82.1 Å². The Hall–Kier alpha value is -3.81. The highest BCUT2D eigenvalue weighted by Gasteiger charge is 2.46. The number of nitrogens with zero attached hydrogens (tertiary/aromatic N) is 1. The normalized spacial score (nSPS) is 19.9. The molecule has 2 aromatic rings. The van der Waals surface area contributed by atoms with Gasteiger partial charge in [0, 0.05) is 30.4 Å². The summed E-state index contributed by atoms with van der Waals surface area (Å²) in [5, 5.41) is 0. The summed E-state index contributed by atoms with van der Waals surface area (Å²) in [7, 11) is -1.54. The number of hydrogen-bond donors (Lipinski definition) is 0. The average Bonchev–Trinajstić information content (AvgIpc) is 3.18. The molecule has 0 atom stereocenters. The van der Waals surface area contributed by atoms with Gasteiger partial charge in [-0.2, -0.15) is 0 Å². The molecule has 37 heavy (non-hydrogen) atoms. The summed E-state index contributed by atoms with van der Waals surface area (Å²) in [6, 6.07) is 13.3. The zero-order valence-corrected chi connectivity index (χ0v) is 21.6. The predicted molar refractivity (Wildman–Crippen MR) is 141 cm³/mol. The Labute approximate surface area is 217 Å². The predicted octanol–water partition coefficient (Wildman–Crippen LogP) is 4.58. The van der Waals surface area contributed by atoms with Gasteiger partial charge in [0.15, 0.2) is 5.78 Å². The molecule has 0 spiro atoms. The fourth-order valence-corrected chi connectivity index (χ4v) is 5.15. The minimum atomic E-state index is -1.54. The standard InChI is InChI=1S/C29H30BNO6/c1-28(2)12-14-31-15-13-29(3,4)23-17-19(16-22(28)25(23)31)10-11-21(32)18-24(20-8-6-5-7-9-20)35-30-36-26(33)27(34)37-30/h5-11,16-18H,12-15H2,1-4H3/b11-10+,24-18-. The second-order valence-corrected chi connectivity index (χ2v) is 11.0. The van der Waals surface area contributed by atoms with Crippen LogP contribution in [0.4, 0.5) is 5.69 Å². The molecule has 0 N–H and O–H groups in total. The number of benzene rings is 2. The van der Waals surface area contributed by atoms with Crippen molar-refractivity contribution in [2.45, 2.75) is 51.4 Å². The molecule has 0 radical (unpaired) electrons. The first-order valence-corrected chi connectivity index (χ1v) is 12.5. The van der Waals surface area contributed by atoms with Crippen LogP contribution < -0.4 is 4.90 Å². The maximum atomic E-state index is 13.0. The summed E-state index contributed by atoms with van der Waals surface area (Å²) in [4.78, 5) is 38.3. The molecule has 0 saturated carbocycles. The Kier molecular flexibility index (Phi) is 6.22. The second-order valence-electron chi connectivity index (χ2n) is 11.0. The van der Waals surface area contributed by atoms with Crippen LogP contribution in [0, 0.1) is 0 Å². The Balaban J connectivity index is 1.45. The maximum absolute atomic E-state index is 13.0. The molecule has 7 nitrogen and oxygen atoms in total. The monoisotopic (exact) mass is 499 g/mol. The quantitative estimate of drug-likeness (QED) is 0.249. The summed E-state index contributed by atoms with van der Waals surface area (Å²) >= 11 is 0. The largest absolute Gasteiger partial charge is 0.868 e. The van der Waals surface area contributed by atoms with Crippen molar-refractivity contribution in [3.63, 3.8) is 0 Å². The van der Waals surface area contributed by atoms with Crippen molar-refractivity contribution >= 4 is 42.6 Å². The molecular weight excluding hydrogens is 469 g/mol. The molecule has 1 saturated heterocycles. The van der Waals surface area contributed by atoms with Gasteiger partial charge in [0.2, 0.25) is 0 Å². The van der Waals surface area contributed by atoms with Gasteiger partial charge in [0.05, 0.1) is 0 Å². The van der Waals surface area contributed by atoms with Gasteiger partial charge in [-0.3, -0.25) is 4.79 Å². The Morgan fingerprint density at radius 1 is 0.946 bits per heavy atom. The number of carbonyl (C=O) groups is 3. The number of ketones is 1. The van der Waals surface area contributed by atoms with Crippen LogP contribution in [0.15, 0.2) is 54.6 Å². The van der Waals surface area contributed by atoms with Crippen molar-refractivity contribution in [1.29, 1.82) is 0 Å². The molecule has 3 aliphatic heterocycles. The third kappa shape index (κ3) is 4.93. The molecule has 2 aromatic carbocycles. The van der Waals surface area contributed by atoms with E-state index in [2.05, 4.69) is 44.7 Å². The highest BCUT2D eigenvalue weighted by atomic mass is 16.8. The first kappa shape index (κ1) is 24.9. The SMILES string of the molecule is CC1(C)CCN2CCC(C)(C)c3cc(/C=C/C(=O)/C=C(\OB4OC(=O)C(=O)O4)c4ccccc4)cc1c32. The van der Waals surface area contributed by atoms with E-state index < -0.39 is 19.3 Å². The minimum Gasteiger partial charge on any atom is -0.489 e. The third-order valence-electron chi connectivity index (χ3n) is 7.49. The fraction of sp³-hybridized carbons (Fsp3) is 0.345. The van der Waals surface area contributed by atoms with Gasteiger partial charge in [0.25, 0.3) is 0 Å². The molecule has 0 aliphatic carbocycles. The van der Waals surface area contributed by atoms with Crippen LogP contribution in [-0.2, 0) is 39.2 Å². The van der Waals surface area contributed by atoms with Crippen molar-refractivity contribution in [3.8, 4) is 0 Å². The summed E-state index contributed by atoms with van der Waals surface area (Å²) in [6.45, 7) is 11.3. The van der Waals surface area contributed by atoms with E-state index in [1.165, 1.54) is 29.0 Å². The Morgan fingerprint density at radius 2 is 1.51 bits per heavy atom. The molecule has 0 amide bonds. The van der Waals surface area contributed by atoms with E-state index >= 15 is 0 Å². The van der Waals surface area contributed by atoms with Crippen molar-refractivity contribution in [1.82, 2.24) is 0 Å². The molecule has 0 bridgehead atoms. The number of rotatable bonds is 6. The number of allylic oxidation sites excluding steroid dienone is 2. The molecule has 0 aromatic heterocycles. The summed E-state index contributed by atoms with van der Waals surface area (Å²) in [5.41, 5.74) is 5.65. The molecule has 3 aliphatic rings. The minimum absolute atomic E-state index is 0.0479. The fourth-order valence-electron chi connectivity index (χ4n) is 5.15. The van der Waals surface area contributed by atoms with Crippen LogP contribution in [0.1, 0.15) is 62.8 Å². The van der Waals surface area contributed by atoms with Gasteiger partial charge < -0.3 is 18.9 Å². The van der Waals surface area contributed by atoms with E-state index in [1.54, 1.807) is 24.3 Å². The van der Waals surface area contributed by atoms with Gasteiger partial charge in [-0.1, -0.05) is 64.1 Å². The molecule has 1 fully saturated rings. The first-order valence-electron chi connectivity index (χ1n) is 12.5. The second kappa shape index (κ2) is 9.25. The van der Waals surface area contributed by atoms with Crippen LogP contribution in [-0.4, -0.2) is 38.1 Å². The van der Waals surface area contributed by atoms with E-state index in [0.29, 0.717) is 5.56 Å². The van der Waals surface area contributed by atoms with Gasteiger partial charge in [-0.25, -0.2) is 9.59 Å². The summed E-state index contributed by atoms with van der Waals surface area (Å²) < 4.78 is 15.1. The number of carbonyl (C=O) groups excluding carboxylic acids is 3. The number of anilines is 1. The lowest BCUT2D eigenvalue weighted by atomic mass is 9.69. The van der Waals surface area contributed by atoms with E-state index in [1.807, 2.05) is 12.1 Å². The van der Waals surface area contributed by atoms with Crippen LogP contribution in [0.2, 0.25) is 0 Å². The van der Waals surface area contributed by atoms with E-state index in [0.717, 1.165) is 31.5 Å². The Bertz CT molecular complexity index is 1270. The van der Waals surface area contributed by atoms with Gasteiger partial charge in [0.1, 0.15) is 5.76 Å². The maximum Gasteiger partial charge on any atom is 0.868 e. The van der Waals surface area contributed by atoms with Crippen molar-refractivity contribution < 1.29 is 28.3 Å². The van der Waals surface area contributed by atoms with Crippen LogP contribution in [0.25, 0.3) is 11.8 Å². The average molecular weight is 499 g/mol. The van der Waals surface area contributed by atoms with Gasteiger partial charge >= 0.3 is 19.3 Å². The lowest BCUT2D eigenvalue weighted by Gasteiger charge is -2.48. The molecule has 5 rings (SSSR count). The third-order valence-corrected chi connectivity index (χ3v) is 7.49. The van der Waals surface area contributed by atoms with Crippen LogP contribution in [0.3, 0.4) is 0 Å². The van der Waals surface area contributed by atoms with E-state index in [4.69, 9.17) is 14.0 Å². The summed E-state index contributed by atoms with van der Waals surface area (Å²) in [6.07, 6.45) is 6.79. The van der Waals surface area contributed by atoms with E-state index in [-0.39, 0.29) is 22.4 Å². The number of hydrogen-bond acceptors (Lipinski definition) is 7. The molecular formula is C29H30BNO6. The highest BCUT2D eigenvalue weighted by Crippen LogP contribution is 2.49. The van der Waals surface area contributed by atoms with Crippen LogP contribution in [0.5, 0.6) is 0 Å². The van der Waals surface area contributed by atoms with Crippen molar-refractivity contribution in [2.24, 2.45) is 0 Å². The summed E-state index contributed by atoms with van der Waals surface area (Å²) in [5.74, 6) is -2.46. The molecule has 3 heterocycles. The van der Waals surface area contributed by atoms with Gasteiger partial charge in [-0.05, 0) is 58.6 Å². The van der Waals surface area contributed by atoms with Crippen molar-refractivity contribution in [2.75, 3.05) is 18.0 Å². The smallest absolute Gasteiger partial charge is 0.489 e. The Morgan fingerprint density at radius 3 is 2.08 bits per heavy atom. The van der Waals surface area contributed by atoms with Gasteiger partial charge in [-0.15, -0.1) is 0 Å². The zero-order chi connectivity index (χ0) is 26.4. The lowest BCUT2D eigenvalue weighted by molar-refractivity contribution is -0.150. The van der Waals surface area contributed by atoms with E-state index in [9.17, 15) is 14.4 Å². The van der Waals surface area contributed by atoms with Crippen LogP contribution >= 0.6 is 0 Å². The zero-order valence-electron chi connectivity index (χ0n) is 21.6. The highest BCUT2D eigenvalue weighted by molar-refractivity contribution is 6.56. The first-order chi connectivity index (χ1) is 17.5. The molecule has 8 heteroatoms.